The van der Waals surface area contributed by atoms with Crippen LogP contribution in [0.15, 0.2) is 36.7 Å². The molecular weight excluding hydrogens is 244 g/mol. The van der Waals surface area contributed by atoms with Gasteiger partial charge in [-0.3, -0.25) is 4.98 Å². The zero-order chi connectivity index (χ0) is 14.2. The van der Waals surface area contributed by atoms with Crippen LogP contribution in [0.1, 0.15) is 57.1 Å². The van der Waals surface area contributed by atoms with Gasteiger partial charge in [0.1, 0.15) is 0 Å². The van der Waals surface area contributed by atoms with Crippen LogP contribution in [0.3, 0.4) is 0 Å². The Labute approximate surface area is 122 Å². The van der Waals surface area contributed by atoms with Crippen LogP contribution in [-0.2, 0) is 0 Å². The Hall–Kier alpha value is -1.41. The molecule has 2 heteroatoms. The number of hydrogen-bond donors (Lipinski definition) is 1. The van der Waals surface area contributed by atoms with E-state index in [1.165, 1.54) is 54.9 Å². The Balaban J connectivity index is 2.05. The fourth-order valence-electron chi connectivity index (χ4n) is 2.82. The first-order valence-corrected chi connectivity index (χ1v) is 7.86. The van der Waals surface area contributed by atoms with Gasteiger partial charge in [-0.05, 0) is 24.4 Å². The molecule has 0 radical (unpaired) electrons. The molecule has 2 aromatic rings. The van der Waals surface area contributed by atoms with Gasteiger partial charge in [-0.1, -0.05) is 63.3 Å². The second kappa shape index (κ2) is 8.01. The number of aromatic nitrogens is 1. The first-order chi connectivity index (χ1) is 9.86. The average molecular weight is 270 g/mol. The molecule has 20 heavy (non-hydrogen) atoms. The van der Waals surface area contributed by atoms with E-state index in [4.69, 9.17) is 0 Å². The Morgan fingerprint density at radius 2 is 1.85 bits per heavy atom. The summed E-state index contributed by atoms with van der Waals surface area (Å²) in [6, 6.07) is 8.94. The highest BCUT2D eigenvalue weighted by molar-refractivity contribution is 5.85. The van der Waals surface area contributed by atoms with Crippen molar-refractivity contribution in [3.8, 4) is 0 Å². The molecule has 1 atom stereocenters. The highest BCUT2D eigenvalue weighted by Gasteiger charge is 2.12. The summed E-state index contributed by atoms with van der Waals surface area (Å²) in [5.74, 6) is 0. The Morgan fingerprint density at radius 1 is 1.05 bits per heavy atom. The Bertz CT molecular complexity index is 516. The molecule has 1 N–H and O–H groups in total. The van der Waals surface area contributed by atoms with Gasteiger partial charge in [0.15, 0.2) is 0 Å². The van der Waals surface area contributed by atoms with Gasteiger partial charge in [-0.15, -0.1) is 0 Å². The van der Waals surface area contributed by atoms with E-state index in [-0.39, 0.29) is 0 Å². The lowest BCUT2D eigenvalue weighted by Crippen LogP contribution is -2.16. The number of pyridine rings is 1. The van der Waals surface area contributed by atoms with Crippen molar-refractivity contribution < 1.29 is 0 Å². The lowest BCUT2D eigenvalue weighted by Gasteiger charge is -2.18. The lowest BCUT2D eigenvalue weighted by atomic mass is 9.97. The monoisotopic (exact) mass is 270 g/mol. The van der Waals surface area contributed by atoms with Crippen molar-refractivity contribution in [2.45, 2.75) is 51.5 Å². The van der Waals surface area contributed by atoms with E-state index in [2.05, 4.69) is 48.5 Å². The van der Waals surface area contributed by atoms with Crippen LogP contribution < -0.4 is 5.32 Å². The van der Waals surface area contributed by atoms with E-state index < -0.39 is 0 Å². The molecule has 0 spiro atoms. The maximum absolute atomic E-state index is 4.40. The van der Waals surface area contributed by atoms with Crippen LogP contribution in [0.2, 0.25) is 0 Å². The zero-order valence-corrected chi connectivity index (χ0v) is 12.7. The van der Waals surface area contributed by atoms with E-state index in [1.807, 2.05) is 12.4 Å². The van der Waals surface area contributed by atoms with Crippen LogP contribution in [0.5, 0.6) is 0 Å². The first kappa shape index (κ1) is 15.0. The number of rotatable bonds is 8. The molecule has 0 saturated heterocycles. The molecule has 1 aromatic carbocycles. The molecule has 1 heterocycles. The predicted molar refractivity (Wildman–Crippen MR) is 86.9 cm³/mol. The maximum atomic E-state index is 4.40. The quantitative estimate of drug-likeness (QED) is 0.693. The molecular formula is C18H26N2. The van der Waals surface area contributed by atoms with Crippen LogP contribution in [0.25, 0.3) is 10.8 Å². The van der Waals surface area contributed by atoms with Crippen molar-refractivity contribution >= 4 is 10.8 Å². The molecule has 0 saturated carbocycles. The van der Waals surface area contributed by atoms with Crippen LogP contribution in [0.4, 0.5) is 0 Å². The van der Waals surface area contributed by atoms with Gasteiger partial charge in [-0.25, -0.2) is 0 Å². The molecule has 1 aromatic heterocycles. The molecule has 1 unspecified atom stereocenters. The summed E-state index contributed by atoms with van der Waals surface area (Å²) >= 11 is 0. The number of nitrogens with zero attached hydrogens (tertiary/aromatic N) is 1. The van der Waals surface area contributed by atoms with Crippen LogP contribution in [-0.4, -0.2) is 12.0 Å². The Kier molecular flexibility index (Phi) is 6.00. The van der Waals surface area contributed by atoms with Gasteiger partial charge < -0.3 is 5.32 Å². The smallest absolute Gasteiger partial charge is 0.0346 e. The highest BCUT2D eigenvalue weighted by Crippen LogP contribution is 2.26. The second-order valence-electron chi connectivity index (χ2n) is 5.49. The van der Waals surface area contributed by atoms with E-state index >= 15 is 0 Å². The van der Waals surface area contributed by atoms with E-state index in [9.17, 15) is 0 Å². The van der Waals surface area contributed by atoms with E-state index in [0.29, 0.717) is 6.04 Å². The molecule has 0 amide bonds. The summed E-state index contributed by atoms with van der Waals surface area (Å²) in [5.41, 5.74) is 1.33. The summed E-state index contributed by atoms with van der Waals surface area (Å²) in [5, 5.41) is 6.02. The molecule has 0 fully saturated rings. The topological polar surface area (TPSA) is 24.9 Å². The second-order valence-corrected chi connectivity index (χ2v) is 5.49. The molecule has 0 bridgehead atoms. The van der Waals surface area contributed by atoms with Gasteiger partial charge in [0, 0.05) is 23.8 Å². The van der Waals surface area contributed by atoms with E-state index in [0.717, 1.165) is 0 Å². The third-order valence-corrected chi connectivity index (χ3v) is 4.02. The summed E-state index contributed by atoms with van der Waals surface area (Å²) in [6.45, 7) is 2.26. The third-order valence-electron chi connectivity index (χ3n) is 4.02. The number of unbranched alkanes of at least 4 members (excludes halogenated alkanes) is 4. The molecule has 0 aliphatic rings. The largest absolute Gasteiger partial charge is 0.313 e. The number of benzene rings is 1. The summed E-state index contributed by atoms with van der Waals surface area (Å²) in [6.07, 6.45) is 11.8. The van der Waals surface area contributed by atoms with Gasteiger partial charge >= 0.3 is 0 Å². The summed E-state index contributed by atoms with van der Waals surface area (Å²) in [7, 11) is 2.05. The molecule has 0 aliphatic heterocycles. The van der Waals surface area contributed by atoms with Crippen molar-refractivity contribution in [3.05, 3.63) is 42.2 Å². The molecule has 2 rings (SSSR count). The van der Waals surface area contributed by atoms with Crippen LogP contribution >= 0.6 is 0 Å². The van der Waals surface area contributed by atoms with Crippen molar-refractivity contribution in [3.63, 3.8) is 0 Å². The fourth-order valence-corrected chi connectivity index (χ4v) is 2.82. The minimum absolute atomic E-state index is 0.412. The van der Waals surface area contributed by atoms with Crippen molar-refractivity contribution in [2.75, 3.05) is 7.05 Å². The minimum Gasteiger partial charge on any atom is -0.313 e. The summed E-state index contributed by atoms with van der Waals surface area (Å²) in [4.78, 5) is 4.40. The predicted octanol–water partition coefficient (Wildman–Crippen LogP) is 4.86. The zero-order valence-electron chi connectivity index (χ0n) is 12.7. The van der Waals surface area contributed by atoms with E-state index in [1.54, 1.807) is 0 Å². The maximum Gasteiger partial charge on any atom is 0.0346 e. The average Bonchev–Trinajstić information content (AvgIpc) is 2.51. The normalized spacial score (nSPS) is 12.7. The van der Waals surface area contributed by atoms with Crippen molar-refractivity contribution in [2.24, 2.45) is 0 Å². The SMILES string of the molecule is CCCCCCCC(NC)c1cncc2ccccc12. The number of hydrogen-bond acceptors (Lipinski definition) is 2. The Morgan fingerprint density at radius 3 is 2.65 bits per heavy atom. The fraction of sp³-hybridized carbons (Fsp3) is 0.500. The van der Waals surface area contributed by atoms with Crippen molar-refractivity contribution in [1.82, 2.24) is 10.3 Å². The first-order valence-electron chi connectivity index (χ1n) is 7.86. The number of nitrogens with one attached hydrogen (secondary N) is 1. The third kappa shape index (κ3) is 3.80. The van der Waals surface area contributed by atoms with Gasteiger partial charge in [0.2, 0.25) is 0 Å². The summed E-state index contributed by atoms with van der Waals surface area (Å²) < 4.78 is 0. The van der Waals surface area contributed by atoms with Gasteiger partial charge in [0.05, 0.1) is 0 Å². The van der Waals surface area contributed by atoms with Gasteiger partial charge in [0.25, 0.3) is 0 Å². The molecule has 0 aliphatic carbocycles. The standard InChI is InChI=1S/C18H26N2/c1-3-4-5-6-7-12-18(19-2)17-14-20-13-15-10-8-9-11-16(15)17/h8-11,13-14,18-19H,3-7,12H2,1-2H3. The lowest BCUT2D eigenvalue weighted by molar-refractivity contribution is 0.502. The van der Waals surface area contributed by atoms with Crippen molar-refractivity contribution in [1.29, 1.82) is 0 Å². The number of fused-ring (bicyclic) bond motifs is 1. The van der Waals surface area contributed by atoms with Gasteiger partial charge in [-0.2, -0.15) is 0 Å². The van der Waals surface area contributed by atoms with Crippen LogP contribution in [0, 0.1) is 0 Å². The molecule has 108 valence electrons. The minimum atomic E-state index is 0.412. The molecule has 2 nitrogen and oxygen atoms in total. The highest BCUT2D eigenvalue weighted by atomic mass is 14.9.